The Labute approximate surface area is 119 Å². The van der Waals surface area contributed by atoms with Crippen LogP contribution in [0.3, 0.4) is 0 Å². The zero-order valence-corrected chi connectivity index (χ0v) is 12.6. The van der Waals surface area contributed by atoms with Gasteiger partial charge >= 0.3 is 0 Å². The maximum Gasteiger partial charge on any atom is 0.0431 e. The fourth-order valence-electron chi connectivity index (χ4n) is 2.12. The van der Waals surface area contributed by atoms with Crippen LogP contribution in [0.5, 0.6) is 0 Å². The minimum atomic E-state index is 0.551. The van der Waals surface area contributed by atoms with E-state index in [1.165, 1.54) is 21.6 Å². The molecule has 0 unspecified atom stereocenters. The van der Waals surface area contributed by atoms with Crippen molar-refractivity contribution in [2.75, 3.05) is 0 Å². The minimum Gasteiger partial charge on any atom is -0.326 e. The molecular formula is C16H20N2S. The molecule has 0 radical (unpaired) electrons. The molecule has 2 nitrogen and oxygen atoms in total. The van der Waals surface area contributed by atoms with E-state index in [4.69, 9.17) is 5.73 Å². The van der Waals surface area contributed by atoms with Crippen LogP contribution in [0.15, 0.2) is 35.2 Å². The van der Waals surface area contributed by atoms with E-state index in [1.807, 2.05) is 25.6 Å². The van der Waals surface area contributed by atoms with Crippen molar-refractivity contribution in [2.45, 2.75) is 38.0 Å². The number of nitrogens with zero attached hydrogens (tertiary/aromatic N) is 1. The lowest BCUT2D eigenvalue weighted by Crippen LogP contribution is -2.04. The summed E-state index contributed by atoms with van der Waals surface area (Å²) in [5.74, 6) is 0.975. The second kappa shape index (κ2) is 6.22. The average Bonchev–Trinajstić information content (AvgIpc) is 2.37. The van der Waals surface area contributed by atoms with E-state index in [1.54, 1.807) is 0 Å². The molecule has 0 fully saturated rings. The third-order valence-electron chi connectivity index (χ3n) is 3.27. The third-order valence-corrected chi connectivity index (χ3v) is 4.40. The zero-order valence-electron chi connectivity index (χ0n) is 11.7. The number of aryl methyl sites for hydroxylation is 3. The van der Waals surface area contributed by atoms with E-state index in [2.05, 4.69) is 42.2 Å². The number of hydrogen-bond acceptors (Lipinski definition) is 3. The number of thioether (sulfide) groups is 1. The van der Waals surface area contributed by atoms with Gasteiger partial charge < -0.3 is 5.73 Å². The molecule has 0 amide bonds. The highest BCUT2D eigenvalue weighted by Gasteiger charge is 2.08. The van der Waals surface area contributed by atoms with Crippen molar-refractivity contribution >= 4 is 11.8 Å². The van der Waals surface area contributed by atoms with E-state index in [9.17, 15) is 0 Å². The maximum absolute atomic E-state index is 5.85. The van der Waals surface area contributed by atoms with Gasteiger partial charge in [0, 0.05) is 34.1 Å². The molecule has 2 aromatic rings. The Morgan fingerprint density at radius 3 is 2.58 bits per heavy atom. The van der Waals surface area contributed by atoms with Gasteiger partial charge in [-0.3, -0.25) is 4.98 Å². The van der Waals surface area contributed by atoms with Gasteiger partial charge in [0.25, 0.3) is 0 Å². The van der Waals surface area contributed by atoms with Crippen molar-refractivity contribution in [2.24, 2.45) is 5.73 Å². The van der Waals surface area contributed by atoms with Crippen LogP contribution < -0.4 is 5.73 Å². The Hall–Kier alpha value is -1.32. The van der Waals surface area contributed by atoms with Gasteiger partial charge in [-0.2, -0.15) is 0 Å². The summed E-state index contributed by atoms with van der Waals surface area (Å²) in [6.07, 6.45) is 0. The second-order valence-corrected chi connectivity index (χ2v) is 5.76. The number of pyridine rings is 1. The lowest BCUT2D eigenvalue weighted by Gasteiger charge is -2.12. The standard InChI is InChI=1S/C16H20N2S/c1-11-6-4-5-7-14(11)10-19-16-8-12(2)18-13(3)15(16)9-17/h4-8H,9-10,17H2,1-3H3. The monoisotopic (exact) mass is 272 g/mol. The number of benzene rings is 1. The van der Waals surface area contributed by atoms with Gasteiger partial charge in [0.05, 0.1) is 0 Å². The van der Waals surface area contributed by atoms with E-state index in [0.717, 1.165) is 17.1 Å². The van der Waals surface area contributed by atoms with Crippen molar-refractivity contribution in [1.29, 1.82) is 0 Å². The SMILES string of the molecule is Cc1cc(SCc2ccccc2C)c(CN)c(C)n1. The number of aromatic nitrogens is 1. The number of hydrogen-bond donors (Lipinski definition) is 1. The van der Waals surface area contributed by atoms with Gasteiger partial charge in [0.15, 0.2) is 0 Å². The molecule has 0 saturated heterocycles. The van der Waals surface area contributed by atoms with Crippen molar-refractivity contribution in [3.05, 3.63) is 58.4 Å². The summed E-state index contributed by atoms with van der Waals surface area (Å²) in [5, 5.41) is 0. The largest absolute Gasteiger partial charge is 0.326 e. The highest BCUT2D eigenvalue weighted by molar-refractivity contribution is 7.98. The first-order valence-corrected chi connectivity index (χ1v) is 7.45. The quantitative estimate of drug-likeness (QED) is 0.861. The number of rotatable bonds is 4. The van der Waals surface area contributed by atoms with Gasteiger partial charge in [-0.05, 0) is 38.0 Å². The first-order chi connectivity index (χ1) is 9.11. The van der Waals surface area contributed by atoms with Crippen molar-refractivity contribution in [3.63, 3.8) is 0 Å². The Morgan fingerprint density at radius 2 is 1.89 bits per heavy atom. The highest BCUT2D eigenvalue weighted by Crippen LogP contribution is 2.29. The Morgan fingerprint density at radius 1 is 1.16 bits per heavy atom. The van der Waals surface area contributed by atoms with Crippen LogP contribution in [0, 0.1) is 20.8 Å². The molecule has 0 aliphatic heterocycles. The van der Waals surface area contributed by atoms with E-state index < -0.39 is 0 Å². The molecule has 0 aliphatic carbocycles. The predicted octanol–water partition coefficient (Wildman–Crippen LogP) is 3.76. The summed E-state index contributed by atoms with van der Waals surface area (Å²) in [6.45, 7) is 6.77. The summed E-state index contributed by atoms with van der Waals surface area (Å²) in [4.78, 5) is 5.74. The van der Waals surface area contributed by atoms with Gasteiger partial charge in [0.2, 0.25) is 0 Å². The van der Waals surface area contributed by atoms with Gasteiger partial charge in [-0.15, -0.1) is 11.8 Å². The highest BCUT2D eigenvalue weighted by atomic mass is 32.2. The van der Waals surface area contributed by atoms with Gasteiger partial charge in [-0.1, -0.05) is 24.3 Å². The normalized spacial score (nSPS) is 10.7. The molecule has 2 rings (SSSR count). The molecule has 3 heteroatoms. The average molecular weight is 272 g/mol. The zero-order chi connectivity index (χ0) is 13.8. The summed E-state index contributed by atoms with van der Waals surface area (Å²) in [7, 11) is 0. The molecule has 19 heavy (non-hydrogen) atoms. The molecule has 1 heterocycles. The molecule has 0 aliphatic rings. The maximum atomic E-state index is 5.85. The lowest BCUT2D eigenvalue weighted by atomic mass is 10.1. The minimum absolute atomic E-state index is 0.551. The molecule has 0 atom stereocenters. The first-order valence-electron chi connectivity index (χ1n) is 6.46. The number of nitrogens with two attached hydrogens (primary N) is 1. The molecule has 1 aromatic carbocycles. The van der Waals surface area contributed by atoms with Crippen LogP contribution in [-0.4, -0.2) is 4.98 Å². The Balaban J connectivity index is 2.22. The van der Waals surface area contributed by atoms with Gasteiger partial charge in [0.1, 0.15) is 0 Å². The summed E-state index contributed by atoms with van der Waals surface area (Å²) >= 11 is 1.85. The summed E-state index contributed by atoms with van der Waals surface area (Å²) < 4.78 is 0. The fourth-order valence-corrected chi connectivity index (χ4v) is 3.42. The lowest BCUT2D eigenvalue weighted by molar-refractivity contribution is 0.944. The van der Waals surface area contributed by atoms with Crippen molar-refractivity contribution in [3.8, 4) is 0 Å². The molecule has 0 saturated carbocycles. The smallest absolute Gasteiger partial charge is 0.0431 e. The molecule has 2 N–H and O–H groups in total. The summed E-state index contributed by atoms with van der Waals surface area (Å²) in [6, 6.07) is 10.7. The van der Waals surface area contributed by atoms with Crippen LogP contribution in [-0.2, 0) is 12.3 Å². The van der Waals surface area contributed by atoms with E-state index in [0.29, 0.717) is 6.54 Å². The second-order valence-electron chi connectivity index (χ2n) is 4.75. The Kier molecular flexibility index (Phi) is 4.61. The van der Waals surface area contributed by atoms with Crippen LogP contribution in [0.1, 0.15) is 28.1 Å². The molecule has 0 spiro atoms. The van der Waals surface area contributed by atoms with Crippen LogP contribution in [0.4, 0.5) is 0 Å². The van der Waals surface area contributed by atoms with Crippen LogP contribution >= 0.6 is 11.8 Å². The molecule has 100 valence electrons. The first kappa shape index (κ1) is 14.1. The third kappa shape index (κ3) is 3.37. The van der Waals surface area contributed by atoms with E-state index in [-0.39, 0.29) is 0 Å². The van der Waals surface area contributed by atoms with Gasteiger partial charge in [-0.25, -0.2) is 0 Å². The molecule has 0 bridgehead atoms. The van der Waals surface area contributed by atoms with Crippen LogP contribution in [0.2, 0.25) is 0 Å². The molecular weight excluding hydrogens is 252 g/mol. The fraction of sp³-hybridized carbons (Fsp3) is 0.312. The van der Waals surface area contributed by atoms with E-state index >= 15 is 0 Å². The van der Waals surface area contributed by atoms with Crippen molar-refractivity contribution < 1.29 is 0 Å². The summed E-state index contributed by atoms with van der Waals surface area (Å²) in [5.41, 5.74) is 11.8. The topological polar surface area (TPSA) is 38.9 Å². The Bertz CT molecular complexity index is 579. The van der Waals surface area contributed by atoms with Crippen LogP contribution in [0.25, 0.3) is 0 Å². The molecule has 1 aromatic heterocycles. The predicted molar refractivity (Wildman–Crippen MR) is 82.3 cm³/mol. The van der Waals surface area contributed by atoms with Crippen molar-refractivity contribution in [1.82, 2.24) is 4.98 Å².